The summed E-state index contributed by atoms with van der Waals surface area (Å²) in [5, 5.41) is 3.92. The van der Waals surface area contributed by atoms with Crippen molar-refractivity contribution < 1.29 is 0 Å². The molecule has 20 heavy (non-hydrogen) atoms. The third-order valence-corrected chi connectivity index (χ3v) is 6.42. The minimum atomic E-state index is -0.576. The molecular weight excluding hydrogens is 329 g/mol. The fourth-order valence-electron chi connectivity index (χ4n) is 2.13. The Hall–Kier alpha value is -1.50. The number of rotatable bonds is 3. The minimum Gasteiger partial charge on any atom is -0.249 e. The van der Waals surface area contributed by atoms with Gasteiger partial charge >= 0.3 is 0 Å². The molecule has 0 N–H and O–H groups in total. The Morgan fingerprint density at radius 2 is 1.25 bits per heavy atom. The molecule has 1 nitrogen and oxygen atoms in total. The van der Waals surface area contributed by atoms with Gasteiger partial charge < -0.3 is 0 Å². The van der Waals surface area contributed by atoms with Crippen LogP contribution in [-0.4, -0.2) is 4.98 Å². The Morgan fingerprint density at radius 1 is 0.700 bits per heavy atom. The van der Waals surface area contributed by atoms with Crippen LogP contribution in [0.2, 0.25) is 0 Å². The summed E-state index contributed by atoms with van der Waals surface area (Å²) in [5.74, 6) is 0. The van der Waals surface area contributed by atoms with Gasteiger partial charge in [0.2, 0.25) is 0 Å². The number of benzene rings is 2. The third-order valence-electron chi connectivity index (χ3n) is 3.01. The zero-order chi connectivity index (χ0) is 13.8. The van der Waals surface area contributed by atoms with Crippen LogP contribution in [0.4, 0.5) is 0 Å². The van der Waals surface area contributed by atoms with Crippen molar-refractivity contribution in [3.05, 3.63) is 83.6 Å². The number of pyridine rings is 1. The van der Waals surface area contributed by atoms with E-state index >= 15 is 0 Å². The van der Waals surface area contributed by atoms with Crippen LogP contribution in [0.1, 0.15) is 0 Å². The quantitative estimate of drug-likeness (QED) is 0.524. The van der Waals surface area contributed by atoms with Crippen molar-refractivity contribution >= 4 is 39.8 Å². The molecule has 0 aliphatic carbocycles. The lowest BCUT2D eigenvalue weighted by atomic mass is 10.4. The molecule has 0 aliphatic heterocycles. The largest absolute Gasteiger partial charge is 0.249 e. The molecular formula is C17H13BrNP. The molecule has 0 spiro atoms. The number of halogens is 1. The molecule has 3 heteroatoms. The van der Waals surface area contributed by atoms with E-state index in [0.29, 0.717) is 0 Å². The van der Waals surface area contributed by atoms with Gasteiger partial charge in [-0.05, 0) is 46.6 Å². The second kappa shape index (κ2) is 6.30. The van der Waals surface area contributed by atoms with Crippen molar-refractivity contribution in [2.24, 2.45) is 0 Å². The summed E-state index contributed by atoms with van der Waals surface area (Å²) in [6, 6.07) is 25.4. The van der Waals surface area contributed by atoms with Crippen LogP contribution in [-0.2, 0) is 0 Å². The van der Waals surface area contributed by atoms with Crippen molar-refractivity contribution in [3.8, 4) is 0 Å². The maximum absolute atomic E-state index is 4.38. The van der Waals surface area contributed by atoms with Gasteiger partial charge in [0, 0.05) is 11.5 Å². The van der Waals surface area contributed by atoms with Gasteiger partial charge in [0.1, 0.15) is 4.60 Å². The highest BCUT2D eigenvalue weighted by molar-refractivity contribution is 9.10. The molecule has 0 bridgehead atoms. The topological polar surface area (TPSA) is 12.9 Å². The number of hydrogen-bond donors (Lipinski definition) is 0. The second-order valence-corrected chi connectivity index (χ2v) is 7.26. The Morgan fingerprint density at radius 3 is 1.75 bits per heavy atom. The summed E-state index contributed by atoms with van der Waals surface area (Å²) in [7, 11) is -0.576. The van der Waals surface area contributed by atoms with Crippen molar-refractivity contribution in [1.29, 1.82) is 0 Å². The Bertz CT molecular complexity index is 646. The van der Waals surface area contributed by atoms with E-state index in [1.54, 1.807) is 0 Å². The van der Waals surface area contributed by atoms with Gasteiger partial charge in [0.25, 0.3) is 0 Å². The molecule has 0 saturated carbocycles. The van der Waals surface area contributed by atoms with Crippen molar-refractivity contribution in [2.75, 3.05) is 0 Å². The van der Waals surface area contributed by atoms with E-state index in [2.05, 4.69) is 87.6 Å². The van der Waals surface area contributed by atoms with Crippen molar-refractivity contribution in [3.63, 3.8) is 0 Å². The van der Waals surface area contributed by atoms with Gasteiger partial charge in [-0.1, -0.05) is 60.7 Å². The molecule has 0 amide bonds. The lowest BCUT2D eigenvalue weighted by Crippen LogP contribution is -2.21. The molecule has 1 heterocycles. The number of hydrogen-bond acceptors (Lipinski definition) is 1. The smallest absolute Gasteiger partial charge is 0.114 e. The van der Waals surface area contributed by atoms with Crippen molar-refractivity contribution in [2.45, 2.75) is 0 Å². The molecule has 0 aliphatic rings. The Kier molecular flexibility index (Phi) is 4.25. The molecule has 0 unspecified atom stereocenters. The van der Waals surface area contributed by atoms with Gasteiger partial charge in [0.15, 0.2) is 0 Å². The second-order valence-electron chi connectivity index (χ2n) is 4.32. The van der Waals surface area contributed by atoms with E-state index in [0.717, 1.165) is 4.60 Å². The first kappa shape index (κ1) is 13.5. The molecule has 1 aromatic heterocycles. The van der Waals surface area contributed by atoms with E-state index in [-0.39, 0.29) is 0 Å². The highest BCUT2D eigenvalue weighted by Crippen LogP contribution is 2.34. The molecule has 2 aromatic carbocycles. The predicted molar refractivity (Wildman–Crippen MR) is 90.6 cm³/mol. The summed E-state index contributed by atoms with van der Waals surface area (Å²) in [6.45, 7) is 0. The number of aromatic nitrogens is 1. The van der Waals surface area contributed by atoms with Crippen LogP contribution < -0.4 is 15.9 Å². The average Bonchev–Trinajstić information content (AvgIpc) is 2.52. The standard InChI is InChI=1S/C17H13BrNP/c18-17-16(12-7-13-19-17)20(14-8-3-1-4-9-14)15-10-5-2-6-11-15/h1-13H. The van der Waals surface area contributed by atoms with Crippen molar-refractivity contribution in [1.82, 2.24) is 4.98 Å². The lowest BCUT2D eigenvalue weighted by molar-refractivity contribution is 1.30. The normalized spacial score (nSPS) is 10.7. The maximum atomic E-state index is 4.38. The highest BCUT2D eigenvalue weighted by Gasteiger charge is 2.18. The van der Waals surface area contributed by atoms with Gasteiger partial charge in [-0.3, -0.25) is 0 Å². The summed E-state index contributed by atoms with van der Waals surface area (Å²) in [4.78, 5) is 4.38. The van der Waals surface area contributed by atoms with Crippen LogP contribution in [0.15, 0.2) is 83.6 Å². The SMILES string of the molecule is Brc1ncccc1P(c1ccccc1)c1ccccc1. The first-order chi connectivity index (χ1) is 9.86. The van der Waals surface area contributed by atoms with Gasteiger partial charge in [-0.2, -0.15) is 0 Å². The predicted octanol–water partition coefficient (Wildman–Crippen LogP) is 3.60. The number of nitrogens with zero attached hydrogens (tertiary/aromatic N) is 1. The molecule has 98 valence electrons. The van der Waals surface area contributed by atoms with Crippen LogP contribution >= 0.6 is 23.9 Å². The first-order valence-corrected chi connectivity index (χ1v) is 8.50. The lowest BCUT2D eigenvalue weighted by Gasteiger charge is -2.19. The van der Waals surface area contributed by atoms with E-state index in [4.69, 9.17) is 0 Å². The van der Waals surface area contributed by atoms with Crippen LogP contribution in [0.25, 0.3) is 0 Å². The summed E-state index contributed by atoms with van der Waals surface area (Å²) in [5.41, 5.74) is 0. The molecule has 0 saturated heterocycles. The van der Waals surface area contributed by atoms with E-state index in [9.17, 15) is 0 Å². The summed E-state index contributed by atoms with van der Waals surface area (Å²) in [6.07, 6.45) is 1.82. The highest BCUT2D eigenvalue weighted by atomic mass is 79.9. The van der Waals surface area contributed by atoms with E-state index in [1.165, 1.54) is 15.9 Å². The zero-order valence-corrected chi connectivity index (χ0v) is 13.3. The molecule has 0 radical (unpaired) electrons. The van der Waals surface area contributed by atoms with Crippen LogP contribution in [0, 0.1) is 0 Å². The average molecular weight is 342 g/mol. The maximum Gasteiger partial charge on any atom is 0.114 e. The summed E-state index contributed by atoms with van der Waals surface area (Å²) < 4.78 is 0.929. The van der Waals surface area contributed by atoms with Crippen LogP contribution in [0.3, 0.4) is 0 Å². The zero-order valence-electron chi connectivity index (χ0n) is 10.8. The minimum absolute atomic E-state index is 0.576. The molecule has 3 aromatic rings. The Balaban J connectivity index is 2.17. The molecule has 0 fully saturated rings. The Labute approximate surface area is 128 Å². The van der Waals surface area contributed by atoms with E-state index < -0.39 is 7.92 Å². The third kappa shape index (κ3) is 2.82. The first-order valence-electron chi connectivity index (χ1n) is 6.37. The van der Waals surface area contributed by atoms with Gasteiger partial charge in [-0.25, -0.2) is 4.98 Å². The van der Waals surface area contributed by atoms with E-state index in [1.807, 2.05) is 12.3 Å². The monoisotopic (exact) mass is 341 g/mol. The fraction of sp³-hybridized carbons (Fsp3) is 0. The molecule has 3 rings (SSSR count). The summed E-state index contributed by atoms with van der Waals surface area (Å²) >= 11 is 3.60. The van der Waals surface area contributed by atoms with Crippen LogP contribution in [0.5, 0.6) is 0 Å². The fourth-order valence-corrected chi connectivity index (χ4v) is 5.18. The van der Waals surface area contributed by atoms with Gasteiger partial charge in [0.05, 0.1) is 0 Å². The molecule has 0 atom stereocenters. The van der Waals surface area contributed by atoms with Gasteiger partial charge in [-0.15, -0.1) is 0 Å².